The number of morpholine rings is 1. The van der Waals surface area contributed by atoms with Crippen molar-refractivity contribution in [2.45, 2.75) is 25.9 Å². The minimum Gasteiger partial charge on any atom is -0.387 e. The van der Waals surface area contributed by atoms with Crippen LogP contribution in [-0.2, 0) is 11.2 Å². The zero-order valence-electron chi connectivity index (χ0n) is 14.8. The van der Waals surface area contributed by atoms with E-state index in [1.165, 1.54) is 4.88 Å². The largest absolute Gasteiger partial charge is 0.387 e. The predicted molar refractivity (Wildman–Crippen MR) is 99.9 cm³/mol. The Balaban J connectivity index is 1.79. The van der Waals surface area contributed by atoms with E-state index in [9.17, 15) is 5.11 Å². The van der Waals surface area contributed by atoms with Gasteiger partial charge in [0.2, 0.25) is 0 Å². The fourth-order valence-electron chi connectivity index (χ4n) is 2.64. The molecule has 7 heteroatoms. The van der Waals surface area contributed by atoms with Gasteiger partial charge in [-0.3, -0.25) is 9.89 Å². The molecule has 0 bridgehead atoms. The van der Waals surface area contributed by atoms with E-state index in [1.54, 1.807) is 11.3 Å². The molecule has 0 saturated carbocycles. The number of aliphatic imine (C=N–C) groups is 1. The number of hydrogen-bond acceptors (Lipinski definition) is 5. The van der Waals surface area contributed by atoms with Gasteiger partial charge in [-0.2, -0.15) is 0 Å². The van der Waals surface area contributed by atoms with Gasteiger partial charge in [0, 0.05) is 37.6 Å². The van der Waals surface area contributed by atoms with Crippen molar-refractivity contribution in [3.05, 3.63) is 22.4 Å². The minimum absolute atomic E-state index is 0.374. The third kappa shape index (κ3) is 7.17. The molecule has 1 atom stereocenters. The molecule has 1 aromatic heterocycles. The smallest absolute Gasteiger partial charge is 0.191 e. The van der Waals surface area contributed by atoms with Gasteiger partial charge in [-0.15, -0.1) is 11.3 Å². The Morgan fingerprint density at radius 2 is 2.21 bits per heavy atom. The molecule has 24 heavy (non-hydrogen) atoms. The third-order valence-corrected chi connectivity index (χ3v) is 4.77. The lowest BCUT2D eigenvalue weighted by atomic mass is 10.1. The average Bonchev–Trinajstić information content (AvgIpc) is 3.06. The van der Waals surface area contributed by atoms with Gasteiger partial charge in [-0.1, -0.05) is 6.07 Å². The SMILES string of the molecule is CCNC(=NCC(C)(O)CN1CCOCC1)NCCc1cccs1. The van der Waals surface area contributed by atoms with E-state index in [-0.39, 0.29) is 0 Å². The van der Waals surface area contributed by atoms with Gasteiger partial charge in [-0.05, 0) is 31.7 Å². The van der Waals surface area contributed by atoms with Crippen molar-refractivity contribution >= 4 is 17.3 Å². The first kappa shape index (κ1) is 19.2. The van der Waals surface area contributed by atoms with Gasteiger partial charge in [0.15, 0.2) is 5.96 Å². The fourth-order valence-corrected chi connectivity index (χ4v) is 3.35. The molecule has 1 aliphatic heterocycles. The van der Waals surface area contributed by atoms with Crippen molar-refractivity contribution < 1.29 is 9.84 Å². The highest BCUT2D eigenvalue weighted by atomic mass is 32.1. The monoisotopic (exact) mass is 354 g/mol. The van der Waals surface area contributed by atoms with Crippen LogP contribution < -0.4 is 10.6 Å². The third-order valence-electron chi connectivity index (χ3n) is 3.83. The van der Waals surface area contributed by atoms with Crippen LogP contribution in [0.15, 0.2) is 22.5 Å². The van der Waals surface area contributed by atoms with E-state index >= 15 is 0 Å². The van der Waals surface area contributed by atoms with E-state index < -0.39 is 5.60 Å². The van der Waals surface area contributed by atoms with Crippen LogP contribution >= 0.6 is 11.3 Å². The van der Waals surface area contributed by atoms with Crippen LogP contribution in [0.25, 0.3) is 0 Å². The highest BCUT2D eigenvalue weighted by molar-refractivity contribution is 7.09. The van der Waals surface area contributed by atoms with Crippen molar-refractivity contribution in [3.8, 4) is 0 Å². The molecule has 1 saturated heterocycles. The summed E-state index contributed by atoms with van der Waals surface area (Å²) in [5.74, 6) is 0.760. The van der Waals surface area contributed by atoms with Crippen LogP contribution in [0.3, 0.4) is 0 Å². The predicted octanol–water partition coefficient (Wildman–Crippen LogP) is 0.929. The van der Waals surface area contributed by atoms with E-state index in [0.29, 0.717) is 13.1 Å². The Morgan fingerprint density at radius 3 is 2.88 bits per heavy atom. The number of aliphatic hydroxyl groups is 1. The number of β-amino-alcohol motifs (C(OH)–C–C–N with tert-alkyl or cyclic N) is 1. The highest BCUT2D eigenvalue weighted by Gasteiger charge is 2.25. The molecule has 1 aromatic rings. The topological polar surface area (TPSA) is 69.1 Å². The van der Waals surface area contributed by atoms with E-state index in [4.69, 9.17) is 4.74 Å². The Kier molecular flexibility index (Phi) is 7.98. The van der Waals surface area contributed by atoms with Crippen LogP contribution in [-0.4, -0.2) is 74.0 Å². The standard InChI is InChI=1S/C17H30N4O2S/c1-3-18-16(19-7-6-15-5-4-12-24-15)20-13-17(2,22)14-21-8-10-23-11-9-21/h4-5,12,22H,3,6-11,13-14H2,1-2H3,(H2,18,19,20). The van der Waals surface area contributed by atoms with Crippen molar-refractivity contribution in [3.63, 3.8) is 0 Å². The Morgan fingerprint density at radius 1 is 1.42 bits per heavy atom. The van der Waals surface area contributed by atoms with Gasteiger partial charge in [0.25, 0.3) is 0 Å². The maximum Gasteiger partial charge on any atom is 0.191 e. The molecule has 3 N–H and O–H groups in total. The van der Waals surface area contributed by atoms with Gasteiger partial charge >= 0.3 is 0 Å². The number of thiophene rings is 1. The number of rotatable bonds is 8. The van der Waals surface area contributed by atoms with Crippen LogP contribution in [0.1, 0.15) is 18.7 Å². The van der Waals surface area contributed by atoms with Crippen molar-refractivity contribution in [1.82, 2.24) is 15.5 Å². The van der Waals surface area contributed by atoms with Crippen LogP contribution in [0.2, 0.25) is 0 Å². The normalized spacial score (nSPS) is 19.0. The summed E-state index contributed by atoms with van der Waals surface area (Å²) in [5, 5.41) is 19.3. The molecule has 2 rings (SSSR count). The molecule has 0 amide bonds. The molecule has 0 radical (unpaired) electrons. The molecular formula is C17H30N4O2S. The first-order chi connectivity index (χ1) is 11.6. The lowest BCUT2D eigenvalue weighted by Gasteiger charge is -2.33. The van der Waals surface area contributed by atoms with E-state index in [0.717, 1.165) is 51.8 Å². The summed E-state index contributed by atoms with van der Waals surface area (Å²) in [6.45, 7) is 9.75. The Bertz CT molecular complexity index is 485. The maximum absolute atomic E-state index is 10.6. The molecule has 1 aliphatic rings. The minimum atomic E-state index is -0.840. The Labute approximate surface area is 148 Å². The quantitative estimate of drug-likeness (QED) is 0.479. The second-order valence-electron chi connectivity index (χ2n) is 6.34. The summed E-state index contributed by atoms with van der Waals surface area (Å²) in [7, 11) is 0. The molecule has 1 fully saturated rings. The number of nitrogens with zero attached hydrogens (tertiary/aromatic N) is 2. The maximum atomic E-state index is 10.6. The van der Waals surface area contributed by atoms with Crippen molar-refractivity contribution in [2.24, 2.45) is 4.99 Å². The molecule has 136 valence electrons. The van der Waals surface area contributed by atoms with Gasteiger partial charge in [-0.25, -0.2) is 0 Å². The first-order valence-electron chi connectivity index (χ1n) is 8.66. The van der Waals surface area contributed by atoms with Gasteiger partial charge in [0.1, 0.15) is 0 Å². The van der Waals surface area contributed by atoms with Crippen LogP contribution in [0, 0.1) is 0 Å². The van der Waals surface area contributed by atoms with Crippen LogP contribution in [0.4, 0.5) is 0 Å². The molecule has 0 spiro atoms. The second-order valence-corrected chi connectivity index (χ2v) is 7.37. The lowest BCUT2D eigenvalue weighted by Crippen LogP contribution is -2.48. The summed E-state index contributed by atoms with van der Waals surface area (Å²) in [6, 6.07) is 4.21. The molecule has 6 nitrogen and oxygen atoms in total. The van der Waals surface area contributed by atoms with Gasteiger partial charge in [0.05, 0.1) is 25.4 Å². The van der Waals surface area contributed by atoms with Gasteiger partial charge < -0.3 is 20.5 Å². The Hall–Kier alpha value is -1.15. The highest BCUT2D eigenvalue weighted by Crippen LogP contribution is 2.10. The zero-order chi connectivity index (χ0) is 17.3. The lowest BCUT2D eigenvalue weighted by molar-refractivity contribution is -0.0179. The number of hydrogen-bond donors (Lipinski definition) is 3. The zero-order valence-corrected chi connectivity index (χ0v) is 15.6. The summed E-state index contributed by atoms with van der Waals surface area (Å²) in [5.41, 5.74) is -0.840. The molecular weight excluding hydrogens is 324 g/mol. The number of guanidine groups is 1. The fraction of sp³-hybridized carbons (Fsp3) is 0.706. The second kappa shape index (κ2) is 9.98. The summed E-state index contributed by atoms with van der Waals surface area (Å²) >= 11 is 1.77. The van der Waals surface area contributed by atoms with Crippen LogP contribution in [0.5, 0.6) is 0 Å². The van der Waals surface area contributed by atoms with E-state index in [1.807, 2.05) is 13.8 Å². The van der Waals surface area contributed by atoms with Crippen molar-refractivity contribution in [2.75, 3.05) is 52.5 Å². The van der Waals surface area contributed by atoms with E-state index in [2.05, 4.69) is 38.0 Å². The van der Waals surface area contributed by atoms with Crippen molar-refractivity contribution in [1.29, 1.82) is 0 Å². The summed E-state index contributed by atoms with van der Waals surface area (Å²) in [6.07, 6.45) is 0.978. The first-order valence-corrected chi connectivity index (χ1v) is 9.54. The number of ether oxygens (including phenoxy) is 1. The number of nitrogens with one attached hydrogen (secondary N) is 2. The molecule has 0 aromatic carbocycles. The molecule has 2 heterocycles. The molecule has 1 unspecified atom stereocenters. The summed E-state index contributed by atoms with van der Waals surface area (Å²) < 4.78 is 5.35. The summed E-state index contributed by atoms with van der Waals surface area (Å²) in [4.78, 5) is 8.15. The average molecular weight is 355 g/mol. The molecule has 0 aliphatic carbocycles.